The van der Waals surface area contributed by atoms with Gasteiger partial charge in [0, 0.05) is 25.1 Å². The maximum Gasteiger partial charge on any atom is 0.310 e. The van der Waals surface area contributed by atoms with E-state index in [4.69, 9.17) is 0 Å². The fourth-order valence-electron chi connectivity index (χ4n) is 1.33. The quantitative estimate of drug-likeness (QED) is 0.453. The van der Waals surface area contributed by atoms with Gasteiger partial charge >= 0.3 is 12.6 Å². The van der Waals surface area contributed by atoms with Crippen molar-refractivity contribution in [2.45, 2.75) is 38.9 Å². The zero-order valence-corrected chi connectivity index (χ0v) is 17.7. The number of thioether (sulfide) groups is 1. The zero-order chi connectivity index (χ0) is 18.4. The van der Waals surface area contributed by atoms with Crippen LogP contribution in [0.5, 0.6) is 0 Å². The molecule has 1 amide bonds. The van der Waals surface area contributed by atoms with Crippen LogP contribution in [0.15, 0.2) is 0 Å². The first-order valence-electron chi connectivity index (χ1n) is 7.09. The highest BCUT2D eigenvalue weighted by atomic mass is 32.7. The van der Waals surface area contributed by atoms with Gasteiger partial charge in [0.25, 0.3) is 5.12 Å². The number of carbonyl (C=O) groups excluding carboxylic acids is 2. The average Bonchev–Trinajstić information content (AvgIpc) is 2.48. The Labute approximate surface area is 147 Å². The van der Waals surface area contributed by atoms with Crippen LogP contribution < -0.4 is 0 Å². The van der Waals surface area contributed by atoms with Crippen molar-refractivity contribution < 1.29 is 22.6 Å². The van der Waals surface area contributed by atoms with Gasteiger partial charge in [-0.05, 0) is 12.8 Å². The van der Waals surface area contributed by atoms with Crippen molar-refractivity contribution in [2.75, 3.05) is 26.1 Å². The number of nitrogens with zero attached hydrogens (tertiary/aromatic N) is 2. The molecule has 0 heterocycles. The minimum atomic E-state index is -3.83. The minimum absolute atomic E-state index is 0.140. The van der Waals surface area contributed by atoms with E-state index < -0.39 is 27.7 Å². The van der Waals surface area contributed by atoms with Gasteiger partial charge in [-0.1, -0.05) is 43.9 Å². The molecule has 0 spiro atoms. The van der Waals surface area contributed by atoms with Gasteiger partial charge in [-0.2, -0.15) is 0 Å². The lowest BCUT2D eigenvalue weighted by Crippen LogP contribution is -2.36. The van der Waals surface area contributed by atoms with E-state index in [0.29, 0.717) is 16.2 Å². The number of amides is 1. The maximum atomic E-state index is 13.3. The summed E-state index contributed by atoms with van der Waals surface area (Å²) in [5.74, 6) is -0.471. The normalized spacial score (nSPS) is 16.0. The molecule has 11 heteroatoms. The molecule has 0 aromatic carbocycles. The van der Waals surface area contributed by atoms with Crippen molar-refractivity contribution in [3.8, 4) is 0 Å². The average molecular weight is 405 g/mol. The number of hydrogen-bond donors (Lipinski definition) is 0. The van der Waals surface area contributed by atoms with Crippen molar-refractivity contribution in [1.29, 1.82) is 0 Å². The number of sulfonamides is 1. The third kappa shape index (κ3) is 6.42. The lowest BCUT2D eigenvalue weighted by molar-refractivity contribution is -0.136. The van der Waals surface area contributed by atoms with Crippen LogP contribution in [0, 0.1) is 0 Å². The smallest absolute Gasteiger partial charge is 0.276 e. The van der Waals surface area contributed by atoms with Gasteiger partial charge in [0.2, 0.25) is 10.0 Å². The van der Waals surface area contributed by atoms with Crippen LogP contribution >= 0.6 is 29.8 Å². The van der Waals surface area contributed by atoms with Crippen LogP contribution in [-0.2, 0) is 24.2 Å². The predicted molar refractivity (Wildman–Crippen MR) is 98.1 cm³/mol. The molecule has 0 aromatic rings. The Morgan fingerprint density at radius 3 is 2.13 bits per heavy atom. The van der Waals surface area contributed by atoms with Gasteiger partial charge in [-0.3, -0.25) is 18.8 Å². The van der Waals surface area contributed by atoms with E-state index in [1.807, 2.05) is 13.8 Å². The highest BCUT2D eigenvalue weighted by molar-refractivity contribution is 8.58. The predicted octanol–water partition coefficient (Wildman–Crippen LogP) is 2.65. The lowest BCUT2D eigenvalue weighted by atomic mass is 10.4. The summed E-state index contributed by atoms with van der Waals surface area (Å²) in [7, 11) is -1.42. The monoisotopic (exact) mass is 404 g/mol. The molecular weight excluding hydrogens is 379 g/mol. The van der Waals surface area contributed by atoms with E-state index in [1.165, 1.54) is 14.1 Å². The molecule has 23 heavy (non-hydrogen) atoms. The van der Waals surface area contributed by atoms with Crippen molar-refractivity contribution >= 4 is 50.8 Å². The summed E-state index contributed by atoms with van der Waals surface area (Å²) < 4.78 is 38.4. The van der Waals surface area contributed by atoms with Crippen LogP contribution in [-0.4, -0.2) is 59.5 Å². The van der Waals surface area contributed by atoms with E-state index in [0.717, 1.165) is 40.5 Å². The fourth-order valence-corrected chi connectivity index (χ4v) is 9.80. The molecule has 0 aliphatic rings. The summed E-state index contributed by atoms with van der Waals surface area (Å²) >= 11 is 1.75. The van der Waals surface area contributed by atoms with Crippen molar-refractivity contribution in [3.05, 3.63) is 0 Å². The van der Waals surface area contributed by atoms with Gasteiger partial charge in [-0.15, -0.1) is 4.08 Å². The van der Waals surface area contributed by atoms with E-state index in [9.17, 15) is 22.6 Å². The summed E-state index contributed by atoms with van der Waals surface area (Å²) in [4.78, 5) is 24.1. The number of rotatable bonds is 8. The van der Waals surface area contributed by atoms with Gasteiger partial charge in [0.1, 0.15) is 0 Å². The third-order valence-corrected chi connectivity index (χ3v) is 12.9. The third-order valence-electron chi connectivity index (χ3n) is 3.01. The van der Waals surface area contributed by atoms with E-state index >= 15 is 0 Å². The second-order valence-corrected chi connectivity index (χ2v) is 13.6. The molecule has 0 aliphatic carbocycles. The molecule has 0 fully saturated rings. The van der Waals surface area contributed by atoms with E-state index in [1.54, 1.807) is 6.92 Å². The SMILES string of the molecule is CCCSC(=O)C(=O)N(C)P(=O)(SC(C)CC)N(C)S(C)(=O)=O. The number of hydrogen-bond acceptors (Lipinski definition) is 7. The standard InChI is InChI=1S/C12H25N2O5PS3/c1-7-9-21-12(16)11(15)13(4)20(17,22-10(3)8-2)14(5)23(6,18)19/h10H,7-9H2,1-6H3. The highest BCUT2D eigenvalue weighted by Gasteiger charge is 2.43. The Hall–Kier alpha value is -0.0200. The Bertz CT molecular complexity index is 581. The maximum absolute atomic E-state index is 13.3. The first kappa shape index (κ1) is 23.0. The first-order chi connectivity index (χ1) is 10.4. The van der Waals surface area contributed by atoms with Gasteiger partial charge in [0.05, 0.1) is 6.26 Å². The summed E-state index contributed by atoms with van der Waals surface area (Å²) in [6.45, 7) is 1.70. The zero-order valence-electron chi connectivity index (χ0n) is 14.3. The number of likely N-dealkylation sites (N-methyl/N-ethyl adjacent to an activating group) is 1. The molecule has 2 atom stereocenters. The van der Waals surface area contributed by atoms with E-state index in [-0.39, 0.29) is 5.25 Å². The minimum Gasteiger partial charge on any atom is -0.276 e. The molecule has 0 radical (unpaired) electrons. The van der Waals surface area contributed by atoms with Gasteiger partial charge in [-0.25, -0.2) is 8.42 Å². The molecule has 136 valence electrons. The van der Waals surface area contributed by atoms with Crippen LogP contribution in [0.25, 0.3) is 0 Å². The topological polar surface area (TPSA) is 91.8 Å². The highest BCUT2D eigenvalue weighted by Crippen LogP contribution is 2.65. The summed E-state index contributed by atoms with van der Waals surface area (Å²) in [5, 5.41) is -0.875. The van der Waals surface area contributed by atoms with Crippen LogP contribution in [0.3, 0.4) is 0 Å². The van der Waals surface area contributed by atoms with Gasteiger partial charge < -0.3 is 0 Å². The van der Waals surface area contributed by atoms with Crippen molar-refractivity contribution in [1.82, 2.24) is 8.75 Å². The second-order valence-electron chi connectivity index (χ2n) is 4.98. The summed E-state index contributed by atoms with van der Waals surface area (Å²) in [5.41, 5.74) is 0. The van der Waals surface area contributed by atoms with E-state index in [2.05, 4.69) is 0 Å². The van der Waals surface area contributed by atoms with Crippen molar-refractivity contribution in [2.24, 2.45) is 0 Å². The van der Waals surface area contributed by atoms with Crippen LogP contribution in [0.4, 0.5) is 0 Å². The fraction of sp³-hybridized carbons (Fsp3) is 0.833. The Balaban J connectivity index is 5.64. The molecular formula is C12H25N2O5PS3. The summed E-state index contributed by atoms with van der Waals surface area (Å²) in [6.07, 6.45) is 2.28. The van der Waals surface area contributed by atoms with Crippen LogP contribution in [0.1, 0.15) is 33.6 Å². The first-order valence-corrected chi connectivity index (χ1v) is 13.0. The molecule has 0 saturated heterocycles. The molecule has 7 nitrogen and oxygen atoms in total. The number of carbonyl (C=O) groups is 2. The lowest BCUT2D eigenvalue weighted by Gasteiger charge is -2.33. The molecule has 0 bridgehead atoms. The molecule has 0 aliphatic heterocycles. The Morgan fingerprint density at radius 1 is 1.22 bits per heavy atom. The molecule has 0 rings (SSSR count). The molecule has 0 saturated carbocycles. The largest absolute Gasteiger partial charge is 0.310 e. The molecule has 0 N–H and O–H groups in total. The van der Waals surface area contributed by atoms with Crippen molar-refractivity contribution in [3.63, 3.8) is 0 Å². The molecule has 2 unspecified atom stereocenters. The Morgan fingerprint density at radius 2 is 1.74 bits per heavy atom. The second kappa shape index (κ2) is 9.46. The summed E-state index contributed by atoms with van der Waals surface area (Å²) in [6, 6.07) is 0. The Kier molecular flexibility index (Phi) is 9.45. The van der Waals surface area contributed by atoms with Gasteiger partial charge in [0.15, 0.2) is 0 Å². The molecule has 0 aromatic heterocycles. The van der Waals surface area contributed by atoms with Crippen LogP contribution in [0.2, 0.25) is 0 Å².